The van der Waals surface area contributed by atoms with E-state index in [0.717, 1.165) is 0 Å². The summed E-state index contributed by atoms with van der Waals surface area (Å²) in [6, 6.07) is 0. The van der Waals surface area contributed by atoms with Crippen molar-refractivity contribution in [3.05, 3.63) is 0 Å². The molecule has 0 atom stereocenters. The van der Waals surface area contributed by atoms with Crippen LogP contribution in [0.4, 0.5) is 0 Å². The van der Waals surface area contributed by atoms with Crippen LogP contribution in [0.3, 0.4) is 0 Å². The van der Waals surface area contributed by atoms with E-state index < -0.39 is 5.54 Å². The predicted molar refractivity (Wildman–Crippen MR) is 69.0 cm³/mol. The molecule has 0 aliphatic heterocycles. The molecule has 1 aliphatic carbocycles. The maximum atomic E-state index is 12.1. The number of halogens is 2. The molecule has 0 aromatic heterocycles. The van der Waals surface area contributed by atoms with Crippen molar-refractivity contribution >= 4 is 29.1 Å². The highest BCUT2D eigenvalue weighted by Gasteiger charge is 2.68. The summed E-state index contributed by atoms with van der Waals surface area (Å²) >= 11 is 11.6. The van der Waals surface area contributed by atoms with Crippen LogP contribution < -0.4 is 5.32 Å². The number of alkyl halides is 2. The van der Waals surface area contributed by atoms with Crippen molar-refractivity contribution in [2.75, 3.05) is 11.8 Å². The molecule has 0 radical (unpaired) electrons. The van der Waals surface area contributed by atoms with Crippen LogP contribution in [-0.2, 0) is 4.79 Å². The Morgan fingerprint density at radius 1 is 1.19 bits per heavy atom. The number of nitrogens with one attached hydrogen (secondary N) is 1. The molecule has 1 fully saturated rings. The molecule has 4 heteroatoms. The molecule has 0 saturated heterocycles. The van der Waals surface area contributed by atoms with Crippen molar-refractivity contribution < 1.29 is 4.79 Å². The van der Waals surface area contributed by atoms with Gasteiger partial charge in [0.05, 0.1) is 5.54 Å². The van der Waals surface area contributed by atoms with Gasteiger partial charge in [0, 0.05) is 17.7 Å². The smallest absolute Gasteiger partial charge is 0.224 e. The van der Waals surface area contributed by atoms with Gasteiger partial charge in [-0.2, -0.15) is 0 Å². The second kappa shape index (κ2) is 4.06. The summed E-state index contributed by atoms with van der Waals surface area (Å²) in [7, 11) is 0. The number of carbonyl (C=O) groups is 1. The first-order chi connectivity index (χ1) is 7.12. The van der Waals surface area contributed by atoms with Gasteiger partial charge in [-0.3, -0.25) is 4.79 Å². The topological polar surface area (TPSA) is 29.1 Å². The van der Waals surface area contributed by atoms with Crippen molar-refractivity contribution in [3.8, 4) is 0 Å². The lowest BCUT2D eigenvalue weighted by Crippen LogP contribution is -2.50. The van der Waals surface area contributed by atoms with Crippen molar-refractivity contribution in [1.82, 2.24) is 5.32 Å². The van der Waals surface area contributed by atoms with Crippen LogP contribution in [0.5, 0.6) is 0 Å². The van der Waals surface area contributed by atoms with Crippen LogP contribution in [0.15, 0.2) is 0 Å². The second-order valence-corrected chi connectivity index (χ2v) is 6.73. The van der Waals surface area contributed by atoms with E-state index in [1.54, 1.807) is 0 Å². The normalized spacial score (nSPS) is 22.9. The lowest BCUT2D eigenvalue weighted by atomic mass is 10.0. The Bertz CT molecular complexity index is 281. The second-order valence-electron chi connectivity index (χ2n) is 6.19. The van der Waals surface area contributed by atoms with Gasteiger partial charge < -0.3 is 5.32 Å². The average Bonchev–Trinajstić information content (AvgIpc) is 2.57. The Hall–Kier alpha value is 0.0500. The van der Waals surface area contributed by atoms with Crippen LogP contribution in [0, 0.1) is 16.7 Å². The van der Waals surface area contributed by atoms with Gasteiger partial charge in [-0.1, -0.05) is 27.7 Å². The Balaban J connectivity index is 2.70. The molecule has 1 saturated carbocycles. The molecule has 94 valence electrons. The highest BCUT2D eigenvalue weighted by atomic mass is 35.5. The number of rotatable bonds is 4. The van der Waals surface area contributed by atoms with Crippen molar-refractivity contribution in [2.45, 2.75) is 40.2 Å². The van der Waals surface area contributed by atoms with Gasteiger partial charge in [0.1, 0.15) is 0 Å². The van der Waals surface area contributed by atoms with Gasteiger partial charge >= 0.3 is 0 Å². The zero-order valence-electron chi connectivity index (χ0n) is 10.7. The quantitative estimate of drug-likeness (QED) is 0.779. The number of amides is 1. The summed E-state index contributed by atoms with van der Waals surface area (Å²) in [6.45, 7) is 10.4. The highest BCUT2D eigenvalue weighted by Crippen LogP contribution is 2.68. The lowest BCUT2D eigenvalue weighted by Gasteiger charge is -2.26. The number of hydrogen-bond acceptors (Lipinski definition) is 1. The van der Waals surface area contributed by atoms with Crippen LogP contribution in [0.2, 0.25) is 0 Å². The predicted octanol–water partition coefficient (Wildman–Crippen LogP) is 3.02. The lowest BCUT2D eigenvalue weighted by molar-refractivity contribution is -0.124. The van der Waals surface area contributed by atoms with Gasteiger partial charge in [0.15, 0.2) is 0 Å². The van der Waals surface area contributed by atoms with E-state index >= 15 is 0 Å². The van der Waals surface area contributed by atoms with Crippen LogP contribution in [0.25, 0.3) is 0 Å². The van der Waals surface area contributed by atoms with E-state index in [-0.39, 0.29) is 22.7 Å². The molecule has 0 aromatic carbocycles. The molecule has 0 spiro atoms. The average molecular weight is 266 g/mol. The van der Waals surface area contributed by atoms with E-state index in [1.165, 1.54) is 0 Å². The molecule has 0 bridgehead atoms. The Morgan fingerprint density at radius 2 is 1.56 bits per heavy atom. The first-order valence-corrected chi connectivity index (χ1v) is 6.63. The van der Waals surface area contributed by atoms with Gasteiger partial charge in [-0.15, -0.1) is 23.2 Å². The maximum absolute atomic E-state index is 12.1. The van der Waals surface area contributed by atoms with Gasteiger partial charge in [0.25, 0.3) is 0 Å². The molecule has 1 amide bonds. The first kappa shape index (κ1) is 14.1. The van der Waals surface area contributed by atoms with E-state index in [0.29, 0.717) is 11.8 Å². The summed E-state index contributed by atoms with van der Waals surface area (Å²) in [4.78, 5) is 12.1. The summed E-state index contributed by atoms with van der Waals surface area (Å²) < 4.78 is 0. The molecule has 2 nitrogen and oxygen atoms in total. The van der Waals surface area contributed by atoms with Crippen molar-refractivity contribution in [3.63, 3.8) is 0 Å². The third-order valence-electron chi connectivity index (χ3n) is 4.30. The standard InChI is InChI=1S/C12H21Cl2NO/c1-10(2)8(11(10,3)4)9(16)15-12(5,6-13)7-14/h8H,6-7H2,1-5H3,(H,15,16). The van der Waals surface area contributed by atoms with E-state index in [9.17, 15) is 4.79 Å². The van der Waals surface area contributed by atoms with Gasteiger partial charge in [-0.05, 0) is 17.8 Å². The fourth-order valence-electron chi connectivity index (χ4n) is 2.32. The fraction of sp³-hybridized carbons (Fsp3) is 0.917. The minimum absolute atomic E-state index is 0.0470. The zero-order valence-corrected chi connectivity index (χ0v) is 12.2. The summed E-state index contributed by atoms with van der Waals surface area (Å²) in [5.74, 6) is 0.774. The number of hydrogen-bond donors (Lipinski definition) is 1. The molecule has 1 rings (SSSR count). The summed E-state index contributed by atoms with van der Waals surface area (Å²) in [5, 5.41) is 2.96. The molecule has 0 heterocycles. The molecule has 1 N–H and O–H groups in total. The Labute approximate surface area is 108 Å². The fourth-order valence-corrected chi connectivity index (χ4v) is 2.74. The largest absolute Gasteiger partial charge is 0.348 e. The van der Waals surface area contributed by atoms with E-state index in [1.807, 2.05) is 6.92 Å². The highest BCUT2D eigenvalue weighted by molar-refractivity contribution is 6.22. The van der Waals surface area contributed by atoms with E-state index in [2.05, 4.69) is 33.0 Å². The molecule has 16 heavy (non-hydrogen) atoms. The molecule has 0 aromatic rings. The maximum Gasteiger partial charge on any atom is 0.224 e. The minimum Gasteiger partial charge on any atom is -0.348 e. The summed E-state index contributed by atoms with van der Waals surface area (Å²) in [5.41, 5.74) is -0.401. The van der Waals surface area contributed by atoms with Crippen LogP contribution in [-0.4, -0.2) is 23.2 Å². The van der Waals surface area contributed by atoms with Crippen LogP contribution >= 0.6 is 23.2 Å². The van der Waals surface area contributed by atoms with Crippen molar-refractivity contribution in [2.24, 2.45) is 16.7 Å². The Kier molecular flexibility index (Phi) is 3.58. The minimum atomic E-state index is -0.505. The third-order valence-corrected chi connectivity index (χ3v) is 5.48. The molecular weight excluding hydrogens is 245 g/mol. The van der Waals surface area contributed by atoms with E-state index in [4.69, 9.17) is 23.2 Å². The third kappa shape index (κ3) is 2.06. The van der Waals surface area contributed by atoms with Crippen LogP contribution in [0.1, 0.15) is 34.6 Å². The SMILES string of the molecule is CC(CCl)(CCl)NC(=O)C1C(C)(C)C1(C)C. The molecule has 0 unspecified atom stereocenters. The first-order valence-electron chi connectivity index (χ1n) is 5.56. The number of carbonyl (C=O) groups excluding carboxylic acids is 1. The van der Waals surface area contributed by atoms with Gasteiger partial charge in [0.2, 0.25) is 5.91 Å². The Morgan fingerprint density at radius 3 is 1.81 bits per heavy atom. The van der Waals surface area contributed by atoms with Gasteiger partial charge in [-0.25, -0.2) is 0 Å². The molecular formula is C12H21Cl2NO. The van der Waals surface area contributed by atoms with Crippen molar-refractivity contribution in [1.29, 1.82) is 0 Å². The molecule has 1 aliphatic rings. The zero-order chi connectivity index (χ0) is 12.8. The summed E-state index contributed by atoms with van der Waals surface area (Å²) in [6.07, 6.45) is 0. The monoisotopic (exact) mass is 265 g/mol.